The van der Waals surface area contributed by atoms with Gasteiger partial charge in [0.2, 0.25) is 0 Å². The number of amides is 1. The Morgan fingerprint density at radius 3 is 2.82 bits per heavy atom. The van der Waals surface area contributed by atoms with Crippen molar-refractivity contribution >= 4 is 22.8 Å². The third-order valence-electron chi connectivity index (χ3n) is 5.07. The smallest absolute Gasteiger partial charge is 0.253 e. The topological polar surface area (TPSA) is 74.2 Å². The summed E-state index contributed by atoms with van der Waals surface area (Å²) in [6.07, 6.45) is 6.16. The molecule has 1 amide bonds. The van der Waals surface area contributed by atoms with Crippen LogP contribution in [0.3, 0.4) is 0 Å². The van der Waals surface area contributed by atoms with Crippen LogP contribution in [-0.2, 0) is 6.54 Å². The van der Waals surface area contributed by atoms with E-state index in [1.165, 1.54) is 0 Å². The second kappa shape index (κ2) is 8.31. The van der Waals surface area contributed by atoms with Gasteiger partial charge in [0.05, 0.1) is 11.1 Å². The summed E-state index contributed by atoms with van der Waals surface area (Å²) in [5, 5.41) is 3.03. The lowest BCUT2D eigenvalue weighted by atomic mass is 10.1. The van der Waals surface area contributed by atoms with E-state index in [1.807, 2.05) is 30.5 Å². The van der Waals surface area contributed by atoms with Crippen LogP contribution < -0.4 is 10.2 Å². The zero-order valence-corrected chi connectivity index (χ0v) is 16.0. The van der Waals surface area contributed by atoms with E-state index in [2.05, 4.69) is 37.1 Å². The van der Waals surface area contributed by atoms with Crippen molar-refractivity contribution in [2.24, 2.45) is 0 Å². The summed E-state index contributed by atoms with van der Waals surface area (Å²) in [6.45, 7) is 4.44. The van der Waals surface area contributed by atoms with E-state index in [4.69, 9.17) is 0 Å². The molecule has 1 aromatic carbocycles. The number of nitrogens with zero attached hydrogens (tertiary/aromatic N) is 5. The summed E-state index contributed by atoms with van der Waals surface area (Å²) in [4.78, 5) is 30.6. The van der Waals surface area contributed by atoms with Crippen LogP contribution in [0.15, 0.2) is 48.9 Å². The quantitative estimate of drug-likeness (QED) is 0.752. The molecule has 0 saturated carbocycles. The zero-order chi connectivity index (χ0) is 19.3. The van der Waals surface area contributed by atoms with Crippen molar-refractivity contribution in [1.29, 1.82) is 0 Å². The number of hydrogen-bond donors (Lipinski definition) is 1. The first-order valence-electron chi connectivity index (χ1n) is 9.58. The molecule has 4 rings (SSSR count). The molecule has 2 aromatic heterocycles. The van der Waals surface area contributed by atoms with Gasteiger partial charge in [0, 0.05) is 50.3 Å². The fourth-order valence-electron chi connectivity index (χ4n) is 3.56. The van der Waals surface area contributed by atoms with Crippen molar-refractivity contribution in [3.05, 3.63) is 60.0 Å². The molecule has 1 aliphatic heterocycles. The van der Waals surface area contributed by atoms with Crippen LogP contribution in [0, 0.1) is 0 Å². The number of rotatable bonds is 4. The Hall–Kier alpha value is -3.06. The Balaban J connectivity index is 1.51. The molecule has 0 radical (unpaired) electrons. The summed E-state index contributed by atoms with van der Waals surface area (Å²) in [5.41, 5.74) is 2.88. The maximum atomic E-state index is 12.8. The van der Waals surface area contributed by atoms with Crippen molar-refractivity contribution in [1.82, 2.24) is 25.2 Å². The SMILES string of the molecule is CN1CCCN(c2ncccc2CNC(=O)c2cccc3nccnc23)CC1. The molecule has 0 bridgehead atoms. The van der Waals surface area contributed by atoms with Crippen molar-refractivity contribution in [2.45, 2.75) is 13.0 Å². The third kappa shape index (κ3) is 3.94. The standard InChI is InChI=1S/C21H24N6O/c1-26-11-4-12-27(14-13-26)20-16(5-3-8-24-20)15-25-21(28)17-6-2-7-18-19(17)23-10-9-22-18/h2-3,5-10H,4,11-15H2,1H3,(H,25,28). The van der Waals surface area contributed by atoms with Gasteiger partial charge in [-0.1, -0.05) is 12.1 Å². The molecule has 3 aromatic rings. The highest BCUT2D eigenvalue weighted by molar-refractivity contribution is 6.04. The largest absolute Gasteiger partial charge is 0.355 e. The van der Waals surface area contributed by atoms with Crippen LogP contribution in [0.5, 0.6) is 0 Å². The first kappa shape index (κ1) is 18.3. The van der Waals surface area contributed by atoms with Gasteiger partial charge < -0.3 is 15.1 Å². The monoisotopic (exact) mass is 376 g/mol. The summed E-state index contributed by atoms with van der Waals surface area (Å²) in [6, 6.07) is 9.41. The second-order valence-corrected chi connectivity index (χ2v) is 7.04. The molecule has 1 saturated heterocycles. The minimum atomic E-state index is -0.156. The number of carbonyl (C=O) groups excluding carboxylic acids is 1. The molecule has 144 valence electrons. The molecule has 1 fully saturated rings. The molecular formula is C21H24N6O. The highest BCUT2D eigenvalue weighted by atomic mass is 16.1. The van der Waals surface area contributed by atoms with Gasteiger partial charge in [-0.3, -0.25) is 14.8 Å². The van der Waals surface area contributed by atoms with Gasteiger partial charge in [0.25, 0.3) is 5.91 Å². The first-order chi connectivity index (χ1) is 13.7. The molecule has 28 heavy (non-hydrogen) atoms. The van der Waals surface area contributed by atoms with Crippen LogP contribution in [0.4, 0.5) is 5.82 Å². The van der Waals surface area contributed by atoms with Gasteiger partial charge in [-0.05, 0) is 38.2 Å². The number of pyridine rings is 1. The van der Waals surface area contributed by atoms with E-state index in [-0.39, 0.29) is 5.91 Å². The lowest BCUT2D eigenvalue weighted by Crippen LogP contribution is -2.31. The molecule has 0 spiro atoms. The maximum Gasteiger partial charge on any atom is 0.253 e. The summed E-state index contributed by atoms with van der Waals surface area (Å²) in [5.74, 6) is 0.798. The number of anilines is 1. The average molecular weight is 376 g/mol. The predicted octanol–water partition coefficient (Wildman–Crippen LogP) is 2.10. The highest BCUT2D eigenvalue weighted by Gasteiger charge is 2.17. The number of fused-ring (bicyclic) bond motifs is 1. The number of carbonyl (C=O) groups is 1. The minimum absolute atomic E-state index is 0.156. The normalized spacial score (nSPS) is 15.4. The fraction of sp³-hybridized carbons (Fsp3) is 0.333. The lowest BCUT2D eigenvalue weighted by molar-refractivity contribution is 0.0952. The van der Waals surface area contributed by atoms with E-state index < -0.39 is 0 Å². The predicted molar refractivity (Wildman–Crippen MR) is 109 cm³/mol. The van der Waals surface area contributed by atoms with Crippen molar-refractivity contribution in [3.8, 4) is 0 Å². The van der Waals surface area contributed by atoms with Gasteiger partial charge in [-0.25, -0.2) is 4.98 Å². The Labute approximate surface area is 164 Å². The number of hydrogen-bond acceptors (Lipinski definition) is 6. The summed E-state index contributed by atoms with van der Waals surface area (Å²) < 4.78 is 0. The van der Waals surface area contributed by atoms with Gasteiger partial charge in [-0.15, -0.1) is 0 Å². The first-order valence-corrected chi connectivity index (χ1v) is 9.58. The molecule has 7 nitrogen and oxygen atoms in total. The second-order valence-electron chi connectivity index (χ2n) is 7.04. The molecule has 0 aliphatic carbocycles. The van der Waals surface area contributed by atoms with Gasteiger partial charge >= 0.3 is 0 Å². The van der Waals surface area contributed by atoms with Crippen molar-refractivity contribution < 1.29 is 4.79 Å². The van der Waals surface area contributed by atoms with Crippen LogP contribution >= 0.6 is 0 Å². The lowest BCUT2D eigenvalue weighted by Gasteiger charge is -2.24. The zero-order valence-electron chi connectivity index (χ0n) is 16.0. The molecule has 3 heterocycles. The van der Waals surface area contributed by atoms with Crippen LogP contribution in [0.2, 0.25) is 0 Å². The Kier molecular flexibility index (Phi) is 5.43. The summed E-state index contributed by atoms with van der Waals surface area (Å²) >= 11 is 0. The van der Waals surface area contributed by atoms with E-state index in [1.54, 1.807) is 18.5 Å². The average Bonchev–Trinajstić information content (AvgIpc) is 2.96. The molecule has 0 unspecified atom stereocenters. The molecule has 0 atom stereocenters. The van der Waals surface area contributed by atoms with E-state index >= 15 is 0 Å². The molecular weight excluding hydrogens is 352 g/mol. The van der Waals surface area contributed by atoms with Crippen LogP contribution in [0.1, 0.15) is 22.3 Å². The van der Waals surface area contributed by atoms with Gasteiger partial charge in [0.15, 0.2) is 0 Å². The summed E-state index contributed by atoms with van der Waals surface area (Å²) in [7, 11) is 2.15. The van der Waals surface area contributed by atoms with Crippen LogP contribution in [-0.4, -0.2) is 59.0 Å². The third-order valence-corrected chi connectivity index (χ3v) is 5.07. The van der Waals surface area contributed by atoms with Crippen LogP contribution in [0.25, 0.3) is 11.0 Å². The van der Waals surface area contributed by atoms with Crippen molar-refractivity contribution in [3.63, 3.8) is 0 Å². The molecule has 1 N–H and O–H groups in total. The minimum Gasteiger partial charge on any atom is -0.355 e. The van der Waals surface area contributed by atoms with Crippen molar-refractivity contribution in [2.75, 3.05) is 38.1 Å². The number of benzene rings is 1. The Bertz CT molecular complexity index is 971. The number of nitrogens with one attached hydrogen (secondary N) is 1. The highest BCUT2D eigenvalue weighted by Crippen LogP contribution is 2.19. The number of para-hydroxylation sites is 1. The Morgan fingerprint density at radius 1 is 1.00 bits per heavy atom. The number of likely N-dealkylation sites (N-methyl/N-ethyl adjacent to an activating group) is 1. The number of aromatic nitrogens is 3. The van der Waals surface area contributed by atoms with E-state index in [0.29, 0.717) is 23.1 Å². The maximum absolute atomic E-state index is 12.8. The Morgan fingerprint density at radius 2 is 1.89 bits per heavy atom. The molecule has 1 aliphatic rings. The fourth-order valence-corrected chi connectivity index (χ4v) is 3.56. The van der Waals surface area contributed by atoms with E-state index in [9.17, 15) is 4.79 Å². The van der Waals surface area contributed by atoms with Gasteiger partial charge in [0.1, 0.15) is 11.3 Å². The van der Waals surface area contributed by atoms with Gasteiger partial charge in [-0.2, -0.15) is 0 Å². The molecule has 7 heteroatoms. The van der Waals surface area contributed by atoms with E-state index in [0.717, 1.165) is 44.0 Å².